The van der Waals surface area contributed by atoms with Crippen LogP contribution in [0.3, 0.4) is 0 Å². The number of rotatable bonds is 6. The van der Waals surface area contributed by atoms with Crippen LogP contribution in [0.25, 0.3) is 22.0 Å². The number of nitrogens with one attached hydrogen (secondary N) is 2. The van der Waals surface area contributed by atoms with Crippen LogP contribution in [0.5, 0.6) is 0 Å². The lowest BCUT2D eigenvalue weighted by atomic mass is 9.89. The van der Waals surface area contributed by atoms with Gasteiger partial charge < -0.3 is 20.8 Å². The fraction of sp³-hybridized carbons (Fsp3) is 0.393. The van der Waals surface area contributed by atoms with Gasteiger partial charge in [-0.05, 0) is 55.3 Å². The number of esters is 1. The van der Waals surface area contributed by atoms with Crippen molar-refractivity contribution in [1.82, 2.24) is 10.3 Å². The molecule has 1 aliphatic rings. The number of ether oxygens (including phenoxy) is 1. The van der Waals surface area contributed by atoms with E-state index < -0.39 is 46.9 Å². The second-order valence-electron chi connectivity index (χ2n) is 10.5. The standard InChI is InChI=1S/C28H30F3N3O4.ClH/c1-14(2)23(32)26(37)38-27(3,4)22-13-19(25(36)34-22)15-9-10-16-12-21(33-24(35)18(16)11-15)17-7-5-6-8-20(17)28(29,30)31;/h5-12,14,19,22-23H,13,32H2,1-4H3,(H,33,35)(H,34,36);1H/t19-,22?,23-;/m0./s1. The number of halogens is 4. The summed E-state index contributed by atoms with van der Waals surface area (Å²) in [6.45, 7) is 7.03. The molecule has 1 saturated heterocycles. The van der Waals surface area contributed by atoms with Crippen molar-refractivity contribution < 1.29 is 27.5 Å². The molecule has 2 aromatic carbocycles. The molecular weight excluding hydrogens is 535 g/mol. The van der Waals surface area contributed by atoms with E-state index in [9.17, 15) is 27.6 Å². The smallest absolute Gasteiger partial charge is 0.417 e. The summed E-state index contributed by atoms with van der Waals surface area (Å²) in [5.74, 6) is -1.55. The van der Waals surface area contributed by atoms with Gasteiger partial charge in [0.05, 0.1) is 17.5 Å². The molecule has 11 heteroatoms. The Balaban J connectivity index is 0.00000420. The summed E-state index contributed by atoms with van der Waals surface area (Å²) >= 11 is 0. The molecule has 7 nitrogen and oxygen atoms in total. The topological polar surface area (TPSA) is 114 Å². The number of hydrogen-bond acceptors (Lipinski definition) is 5. The van der Waals surface area contributed by atoms with E-state index >= 15 is 0 Å². The van der Waals surface area contributed by atoms with Crippen molar-refractivity contribution in [2.75, 3.05) is 0 Å². The molecule has 210 valence electrons. The number of carbonyl (C=O) groups is 2. The molecule has 3 atom stereocenters. The van der Waals surface area contributed by atoms with Gasteiger partial charge in [-0.15, -0.1) is 12.4 Å². The molecule has 1 fully saturated rings. The monoisotopic (exact) mass is 565 g/mol. The van der Waals surface area contributed by atoms with Crippen LogP contribution < -0.4 is 16.6 Å². The zero-order valence-corrected chi connectivity index (χ0v) is 22.7. The van der Waals surface area contributed by atoms with E-state index in [1.54, 1.807) is 32.0 Å². The van der Waals surface area contributed by atoms with E-state index in [2.05, 4.69) is 10.3 Å². The zero-order valence-electron chi connectivity index (χ0n) is 21.9. The first-order valence-corrected chi connectivity index (χ1v) is 12.3. The van der Waals surface area contributed by atoms with Crippen LogP contribution in [0.15, 0.2) is 53.3 Å². The van der Waals surface area contributed by atoms with Crippen molar-refractivity contribution >= 4 is 35.1 Å². The van der Waals surface area contributed by atoms with Gasteiger partial charge in [-0.3, -0.25) is 14.4 Å². The Bertz CT molecular complexity index is 1450. The maximum Gasteiger partial charge on any atom is 0.417 e. The van der Waals surface area contributed by atoms with Gasteiger partial charge in [0.15, 0.2) is 0 Å². The third kappa shape index (κ3) is 6.12. The number of amides is 1. The predicted molar refractivity (Wildman–Crippen MR) is 145 cm³/mol. The van der Waals surface area contributed by atoms with Crippen LogP contribution in [0.2, 0.25) is 0 Å². The van der Waals surface area contributed by atoms with Crippen molar-refractivity contribution in [2.45, 2.75) is 63.9 Å². The van der Waals surface area contributed by atoms with E-state index in [0.29, 0.717) is 17.4 Å². The van der Waals surface area contributed by atoms with Crippen LogP contribution in [0.4, 0.5) is 13.2 Å². The van der Waals surface area contributed by atoms with Crippen molar-refractivity contribution in [3.05, 3.63) is 70.0 Å². The van der Waals surface area contributed by atoms with Crippen LogP contribution in [-0.4, -0.2) is 34.5 Å². The number of hydrogen-bond donors (Lipinski definition) is 3. The SMILES string of the molecule is CC(C)[C@H](N)C(=O)OC(C)(C)C1C[C@@H](c2ccc3cc(-c4ccccc4C(F)(F)F)[nH]c(=O)c3c2)C(=O)N1.Cl. The summed E-state index contributed by atoms with van der Waals surface area (Å²) in [5.41, 5.74) is 3.96. The quantitative estimate of drug-likeness (QED) is 0.367. The normalized spacial score (nSPS) is 18.5. The number of H-pyrrole nitrogens is 1. The number of nitrogens with two attached hydrogens (primary N) is 1. The Hall–Kier alpha value is -3.37. The molecule has 0 bridgehead atoms. The van der Waals surface area contributed by atoms with E-state index in [-0.39, 0.29) is 40.9 Å². The summed E-state index contributed by atoms with van der Waals surface area (Å²) in [6.07, 6.45) is -4.27. The van der Waals surface area contributed by atoms with E-state index in [1.165, 1.54) is 24.3 Å². The Morgan fingerprint density at radius 3 is 2.38 bits per heavy atom. The minimum Gasteiger partial charge on any atom is -0.456 e. The molecule has 1 amide bonds. The Morgan fingerprint density at radius 2 is 1.74 bits per heavy atom. The maximum atomic E-state index is 13.5. The lowest BCUT2D eigenvalue weighted by Gasteiger charge is -2.32. The zero-order chi connectivity index (χ0) is 28.0. The fourth-order valence-corrected chi connectivity index (χ4v) is 4.69. The Kier molecular flexibility index (Phi) is 8.52. The third-order valence-electron chi connectivity index (χ3n) is 7.09. The van der Waals surface area contributed by atoms with Gasteiger partial charge in [-0.25, -0.2) is 0 Å². The van der Waals surface area contributed by atoms with Gasteiger partial charge in [0, 0.05) is 16.6 Å². The van der Waals surface area contributed by atoms with E-state index in [1.807, 2.05) is 13.8 Å². The molecule has 0 radical (unpaired) electrons. The van der Waals surface area contributed by atoms with Crippen LogP contribution in [0.1, 0.15) is 51.2 Å². The van der Waals surface area contributed by atoms with Gasteiger partial charge in [-0.2, -0.15) is 13.2 Å². The average Bonchev–Trinajstić information content (AvgIpc) is 3.25. The van der Waals surface area contributed by atoms with Gasteiger partial charge >= 0.3 is 12.1 Å². The first-order chi connectivity index (χ1) is 17.7. The molecule has 1 unspecified atom stereocenters. The van der Waals surface area contributed by atoms with E-state index in [0.717, 1.165) is 6.07 Å². The van der Waals surface area contributed by atoms with E-state index in [4.69, 9.17) is 10.5 Å². The lowest BCUT2D eigenvalue weighted by Crippen LogP contribution is -2.50. The van der Waals surface area contributed by atoms with Crippen LogP contribution >= 0.6 is 12.4 Å². The number of pyridine rings is 1. The molecule has 1 aromatic heterocycles. The minimum absolute atomic E-state index is 0. The second-order valence-corrected chi connectivity index (χ2v) is 10.5. The largest absolute Gasteiger partial charge is 0.456 e. The van der Waals surface area contributed by atoms with Gasteiger partial charge in [-0.1, -0.05) is 44.2 Å². The molecule has 3 aromatic rings. The maximum absolute atomic E-state index is 13.5. The average molecular weight is 566 g/mol. The molecule has 1 aliphatic heterocycles. The van der Waals surface area contributed by atoms with Crippen molar-refractivity contribution in [3.63, 3.8) is 0 Å². The number of benzene rings is 2. The first kappa shape index (κ1) is 30.2. The molecule has 0 aliphatic carbocycles. The first-order valence-electron chi connectivity index (χ1n) is 12.3. The van der Waals surface area contributed by atoms with Crippen molar-refractivity contribution in [1.29, 1.82) is 0 Å². The molecule has 4 rings (SSSR count). The number of fused-ring (bicyclic) bond motifs is 1. The third-order valence-corrected chi connectivity index (χ3v) is 7.09. The highest BCUT2D eigenvalue weighted by Gasteiger charge is 2.44. The van der Waals surface area contributed by atoms with Crippen molar-refractivity contribution in [2.24, 2.45) is 11.7 Å². The van der Waals surface area contributed by atoms with Gasteiger partial charge in [0.1, 0.15) is 11.6 Å². The summed E-state index contributed by atoms with van der Waals surface area (Å²) in [6, 6.07) is 10.1. The molecular formula is C28H31ClF3N3O4. The lowest BCUT2D eigenvalue weighted by molar-refractivity contribution is -0.162. The highest BCUT2D eigenvalue weighted by molar-refractivity contribution is 5.90. The Labute approximate surface area is 229 Å². The van der Waals surface area contributed by atoms with Crippen LogP contribution in [-0.2, 0) is 20.5 Å². The number of alkyl halides is 3. The number of aromatic amines is 1. The van der Waals surface area contributed by atoms with Crippen molar-refractivity contribution in [3.8, 4) is 11.3 Å². The fourth-order valence-electron chi connectivity index (χ4n) is 4.69. The minimum atomic E-state index is -4.58. The summed E-state index contributed by atoms with van der Waals surface area (Å²) in [4.78, 5) is 40.8. The molecule has 4 N–H and O–H groups in total. The second kappa shape index (κ2) is 11.0. The number of aromatic nitrogens is 1. The highest BCUT2D eigenvalue weighted by atomic mass is 35.5. The summed E-state index contributed by atoms with van der Waals surface area (Å²) < 4.78 is 46.2. The van der Waals surface area contributed by atoms with Gasteiger partial charge in [0.25, 0.3) is 5.56 Å². The molecule has 2 heterocycles. The summed E-state index contributed by atoms with van der Waals surface area (Å²) in [7, 11) is 0. The molecule has 0 saturated carbocycles. The van der Waals surface area contributed by atoms with Crippen LogP contribution in [0, 0.1) is 5.92 Å². The molecule has 0 spiro atoms. The highest BCUT2D eigenvalue weighted by Crippen LogP contribution is 2.37. The Morgan fingerprint density at radius 1 is 1.08 bits per heavy atom. The van der Waals surface area contributed by atoms with Gasteiger partial charge in [0.2, 0.25) is 5.91 Å². The molecule has 39 heavy (non-hydrogen) atoms. The predicted octanol–water partition coefficient (Wildman–Crippen LogP) is 4.91. The summed E-state index contributed by atoms with van der Waals surface area (Å²) in [5, 5.41) is 3.57. The number of carbonyl (C=O) groups excluding carboxylic acids is 2.